The Hall–Kier alpha value is -2.42. The van der Waals surface area contributed by atoms with Crippen LogP contribution in [-0.4, -0.2) is 93.8 Å². The summed E-state index contributed by atoms with van der Waals surface area (Å²) >= 11 is 1.43. The van der Waals surface area contributed by atoms with Crippen molar-refractivity contribution in [3.05, 3.63) is 0 Å². The fourth-order valence-electron chi connectivity index (χ4n) is 2.87. The molecule has 0 aliphatic carbocycles. The molecule has 196 valence electrons. The number of aliphatic hydroxyl groups is 1. The SMILES string of the molecule is CSCCC(NC(=O)C(N)CCCCN)C(=O)NC(CCC(=O)O)C(=O)NC(C(=O)O)C(C)O. The molecule has 14 heteroatoms. The van der Waals surface area contributed by atoms with Crippen LogP contribution in [0, 0.1) is 0 Å². The van der Waals surface area contributed by atoms with Gasteiger partial charge in [0.05, 0.1) is 12.1 Å². The van der Waals surface area contributed by atoms with Crippen LogP contribution in [0.4, 0.5) is 0 Å². The second-order valence-electron chi connectivity index (χ2n) is 7.79. The maximum atomic E-state index is 12.9. The number of carboxylic acids is 2. The minimum absolute atomic E-state index is 0.215. The molecule has 34 heavy (non-hydrogen) atoms. The van der Waals surface area contributed by atoms with E-state index in [1.54, 1.807) is 6.26 Å². The number of thioether (sulfide) groups is 1. The zero-order valence-electron chi connectivity index (χ0n) is 19.5. The number of aliphatic carboxylic acids is 2. The van der Waals surface area contributed by atoms with Gasteiger partial charge in [0.1, 0.15) is 12.1 Å². The third-order valence-corrected chi connectivity index (χ3v) is 5.52. The number of rotatable bonds is 18. The molecule has 3 amide bonds. The first kappa shape index (κ1) is 31.6. The fraction of sp³-hybridized carbons (Fsp3) is 0.750. The van der Waals surface area contributed by atoms with Crippen LogP contribution in [0.25, 0.3) is 0 Å². The third-order valence-electron chi connectivity index (χ3n) is 4.88. The first-order valence-electron chi connectivity index (χ1n) is 10.9. The van der Waals surface area contributed by atoms with Crippen LogP contribution in [0.2, 0.25) is 0 Å². The Bertz CT molecular complexity index is 694. The highest BCUT2D eigenvalue weighted by Crippen LogP contribution is 2.07. The Balaban J connectivity index is 5.44. The normalized spacial score (nSPS) is 15.3. The number of unbranched alkanes of at least 4 members (excludes halogenated alkanes) is 1. The summed E-state index contributed by atoms with van der Waals surface area (Å²) in [4.78, 5) is 60.2. The maximum absolute atomic E-state index is 12.9. The quantitative estimate of drug-likeness (QED) is 0.0943. The van der Waals surface area contributed by atoms with E-state index in [0.717, 1.165) is 6.92 Å². The number of nitrogens with two attached hydrogens (primary N) is 2. The molecule has 0 fully saturated rings. The Morgan fingerprint density at radius 2 is 1.44 bits per heavy atom. The molecular weight excluding hydrogens is 470 g/mol. The highest BCUT2D eigenvalue weighted by molar-refractivity contribution is 7.98. The van der Waals surface area contributed by atoms with E-state index in [9.17, 15) is 29.1 Å². The van der Waals surface area contributed by atoms with Crippen molar-refractivity contribution in [1.29, 1.82) is 0 Å². The number of hydrogen-bond donors (Lipinski definition) is 8. The summed E-state index contributed by atoms with van der Waals surface area (Å²) in [5.74, 6) is -4.50. The Kier molecular flexibility index (Phi) is 15.9. The number of carbonyl (C=O) groups excluding carboxylic acids is 3. The van der Waals surface area contributed by atoms with Crippen molar-refractivity contribution in [1.82, 2.24) is 16.0 Å². The molecule has 0 aromatic rings. The topological polar surface area (TPSA) is 234 Å². The number of carbonyl (C=O) groups is 5. The van der Waals surface area contributed by atoms with E-state index < -0.39 is 66.4 Å². The summed E-state index contributed by atoms with van der Waals surface area (Å²) < 4.78 is 0. The van der Waals surface area contributed by atoms with Gasteiger partial charge in [-0.05, 0) is 51.2 Å². The predicted molar refractivity (Wildman–Crippen MR) is 126 cm³/mol. The third kappa shape index (κ3) is 12.7. The van der Waals surface area contributed by atoms with E-state index in [1.807, 2.05) is 0 Å². The van der Waals surface area contributed by atoms with Gasteiger partial charge in [0.2, 0.25) is 17.7 Å². The van der Waals surface area contributed by atoms with Crippen LogP contribution in [0.1, 0.15) is 45.4 Å². The molecule has 0 aromatic carbocycles. The number of hydrogen-bond acceptors (Lipinski definition) is 9. The van der Waals surface area contributed by atoms with E-state index >= 15 is 0 Å². The van der Waals surface area contributed by atoms with Crippen molar-refractivity contribution in [2.45, 2.75) is 75.7 Å². The van der Waals surface area contributed by atoms with Crippen molar-refractivity contribution in [3.8, 4) is 0 Å². The van der Waals surface area contributed by atoms with Gasteiger partial charge in [-0.2, -0.15) is 11.8 Å². The second kappa shape index (κ2) is 17.1. The smallest absolute Gasteiger partial charge is 0.328 e. The Labute approximate surface area is 202 Å². The molecule has 0 saturated heterocycles. The number of aliphatic hydroxyl groups excluding tert-OH is 1. The first-order chi connectivity index (χ1) is 15.9. The molecule has 5 unspecified atom stereocenters. The van der Waals surface area contributed by atoms with Crippen molar-refractivity contribution in [2.75, 3.05) is 18.6 Å². The van der Waals surface area contributed by atoms with Crippen LogP contribution >= 0.6 is 11.8 Å². The van der Waals surface area contributed by atoms with E-state index in [4.69, 9.17) is 21.7 Å². The molecule has 0 bridgehead atoms. The van der Waals surface area contributed by atoms with Crippen LogP contribution in [0.5, 0.6) is 0 Å². The molecule has 0 radical (unpaired) electrons. The van der Waals surface area contributed by atoms with E-state index in [2.05, 4.69) is 16.0 Å². The summed E-state index contributed by atoms with van der Waals surface area (Å²) in [5, 5.41) is 34.8. The standard InChI is InChI=1S/C20H37N5O8S/c1-11(26)16(20(32)33)25-19(31)13(6-7-15(27)28)24-18(30)14(8-10-34-2)23-17(29)12(22)5-3-4-9-21/h11-14,16,26H,3-10,21-22H2,1-2H3,(H,23,29)(H,24,30)(H,25,31)(H,27,28)(H,32,33). The van der Waals surface area contributed by atoms with Crippen LogP contribution in [-0.2, 0) is 24.0 Å². The molecule has 0 spiro atoms. The number of carboxylic acid groups (broad SMARTS) is 2. The summed E-state index contributed by atoms with van der Waals surface area (Å²) in [6, 6.07) is -4.97. The first-order valence-corrected chi connectivity index (χ1v) is 12.3. The van der Waals surface area contributed by atoms with Crippen LogP contribution in [0.3, 0.4) is 0 Å². The molecule has 0 heterocycles. The van der Waals surface area contributed by atoms with E-state index in [-0.39, 0.29) is 12.8 Å². The van der Waals surface area contributed by atoms with E-state index in [1.165, 1.54) is 11.8 Å². The molecule has 10 N–H and O–H groups in total. The lowest BCUT2D eigenvalue weighted by Gasteiger charge is -2.25. The lowest BCUT2D eigenvalue weighted by atomic mass is 10.1. The van der Waals surface area contributed by atoms with Gasteiger partial charge in [-0.1, -0.05) is 6.42 Å². The molecule has 0 saturated carbocycles. The van der Waals surface area contributed by atoms with Crippen molar-refractivity contribution >= 4 is 41.4 Å². The molecule has 0 rings (SSSR count). The van der Waals surface area contributed by atoms with Gasteiger partial charge < -0.3 is 42.7 Å². The fourth-order valence-corrected chi connectivity index (χ4v) is 3.35. The monoisotopic (exact) mass is 507 g/mol. The van der Waals surface area contributed by atoms with E-state index in [0.29, 0.717) is 31.6 Å². The van der Waals surface area contributed by atoms with Crippen molar-refractivity contribution < 1.29 is 39.3 Å². The van der Waals surface area contributed by atoms with Gasteiger partial charge in [-0.25, -0.2) is 4.79 Å². The summed E-state index contributed by atoms with van der Waals surface area (Å²) in [6.45, 7) is 1.62. The molecule has 0 aliphatic rings. The average molecular weight is 508 g/mol. The maximum Gasteiger partial charge on any atom is 0.328 e. The second-order valence-corrected chi connectivity index (χ2v) is 8.78. The lowest BCUT2D eigenvalue weighted by molar-refractivity contribution is -0.145. The van der Waals surface area contributed by atoms with Gasteiger partial charge in [0, 0.05) is 6.42 Å². The molecular formula is C20H37N5O8S. The zero-order valence-corrected chi connectivity index (χ0v) is 20.3. The van der Waals surface area contributed by atoms with Crippen LogP contribution in [0.15, 0.2) is 0 Å². The van der Waals surface area contributed by atoms with Crippen LogP contribution < -0.4 is 27.4 Å². The molecule has 13 nitrogen and oxygen atoms in total. The predicted octanol–water partition coefficient (Wildman–Crippen LogP) is -2.02. The molecule has 0 aliphatic heterocycles. The molecule has 5 atom stereocenters. The summed E-state index contributed by atoms with van der Waals surface area (Å²) in [7, 11) is 0. The highest BCUT2D eigenvalue weighted by Gasteiger charge is 2.32. The minimum Gasteiger partial charge on any atom is -0.481 e. The van der Waals surface area contributed by atoms with Crippen molar-refractivity contribution in [3.63, 3.8) is 0 Å². The molecule has 0 aromatic heterocycles. The van der Waals surface area contributed by atoms with Gasteiger partial charge in [-0.3, -0.25) is 19.2 Å². The van der Waals surface area contributed by atoms with Gasteiger partial charge in [-0.15, -0.1) is 0 Å². The van der Waals surface area contributed by atoms with Gasteiger partial charge in [0.15, 0.2) is 6.04 Å². The summed E-state index contributed by atoms with van der Waals surface area (Å²) in [5.41, 5.74) is 11.3. The van der Waals surface area contributed by atoms with Crippen molar-refractivity contribution in [2.24, 2.45) is 11.5 Å². The zero-order chi connectivity index (χ0) is 26.3. The van der Waals surface area contributed by atoms with Gasteiger partial charge in [0.25, 0.3) is 0 Å². The average Bonchev–Trinajstić information content (AvgIpc) is 2.76. The number of nitrogens with one attached hydrogen (secondary N) is 3. The largest absolute Gasteiger partial charge is 0.481 e. The Morgan fingerprint density at radius 1 is 0.882 bits per heavy atom. The Morgan fingerprint density at radius 3 is 1.94 bits per heavy atom. The highest BCUT2D eigenvalue weighted by atomic mass is 32.2. The van der Waals surface area contributed by atoms with Gasteiger partial charge >= 0.3 is 11.9 Å². The lowest BCUT2D eigenvalue weighted by Crippen LogP contribution is -2.58. The summed E-state index contributed by atoms with van der Waals surface area (Å²) in [6.07, 6.45) is 1.47. The minimum atomic E-state index is -1.66. The number of amides is 3.